The van der Waals surface area contributed by atoms with Crippen LogP contribution in [0.3, 0.4) is 0 Å². The minimum absolute atomic E-state index is 0.0336. The molecule has 1 saturated heterocycles. The molecule has 0 radical (unpaired) electrons. The monoisotopic (exact) mass is 634 g/mol. The first-order chi connectivity index (χ1) is 21.4. The number of methoxy groups -OCH3 is 1. The number of aromatic amines is 1. The lowest BCUT2D eigenvalue weighted by atomic mass is 9.68. The number of imide groups is 1. The van der Waals surface area contributed by atoms with Crippen LogP contribution in [0.15, 0.2) is 58.4 Å². The average molecular weight is 635 g/mol. The van der Waals surface area contributed by atoms with Crippen molar-refractivity contribution in [2.24, 2.45) is 29.6 Å². The first kappa shape index (κ1) is 29.2. The van der Waals surface area contributed by atoms with E-state index in [4.69, 9.17) is 14.6 Å². The van der Waals surface area contributed by atoms with Gasteiger partial charge >= 0.3 is 10.8 Å². The van der Waals surface area contributed by atoms with Crippen LogP contribution in [0, 0.1) is 29.6 Å². The number of amides is 2. The van der Waals surface area contributed by atoms with Crippen molar-refractivity contribution in [3.05, 3.63) is 74.2 Å². The van der Waals surface area contributed by atoms with Crippen LogP contribution < -0.4 is 14.3 Å². The average Bonchev–Trinajstić information content (AvgIpc) is 3.75. The van der Waals surface area contributed by atoms with Gasteiger partial charge in [-0.05, 0) is 60.3 Å². The third kappa shape index (κ3) is 4.94. The minimum Gasteiger partial charge on any atom is -0.493 e. The number of carbonyl (C=O) groups excluding carboxylic acids is 2. The molecule has 2 aliphatic carbocycles. The summed E-state index contributed by atoms with van der Waals surface area (Å²) in [4.78, 5) is 56.3. The van der Waals surface area contributed by atoms with Gasteiger partial charge in [0.1, 0.15) is 6.61 Å². The van der Waals surface area contributed by atoms with Crippen LogP contribution in [0.5, 0.6) is 11.5 Å². The zero-order valence-electron chi connectivity index (χ0n) is 24.3. The Morgan fingerprint density at radius 2 is 1.77 bits per heavy atom. The number of thiazole rings is 1. The number of aliphatic carboxylic acids is 1. The van der Waals surface area contributed by atoms with Crippen LogP contribution in [0.1, 0.15) is 54.0 Å². The van der Waals surface area contributed by atoms with E-state index in [2.05, 4.69) is 4.98 Å². The molecule has 2 amide bonds. The predicted octanol–water partition coefficient (Wildman–Crippen LogP) is 5.14. The number of ether oxygens (including phenoxy) is 2. The quantitative estimate of drug-likeness (QED) is 0.219. The number of carbonyl (C=O) groups is 3. The molecule has 2 N–H and O–H groups in total. The summed E-state index contributed by atoms with van der Waals surface area (Å²) in [5.74, 6) is -0.335. The second-order valence-electron chi connectivity index (χ2n) is 12.2. The lowest BCUT2D eigenvalue weighted by Gasteiger charge is -2.43. The molecule has 9 nitrogen and oxygen atoms in total. The summed E-state index contributed by atoms with van der Waals surface area (Å²) >= 11 is 2.90. The predicted molar refractivity (Wildman–Crippen MR) is 165 cm³/mol. The van der Waals surface area contributed by atoms with E-state index < -0.39 is 5.97 Å². The normalized spacial score (nSPS) is 28.1. The number of nitrogens with zero attached hydrogens (tertiary/aromatic N) is 1. The number of fused-ring (bicyclic) bond motifs is 9. The third-order valence-electron chi connectivity index (χ3n) is 9.87. The molecule has 4 aliphatic rings. The number of hydrogen-bond acceptors (Lipinski definition) is 8. The van der Waals surface area contributed by atoms with E-state index in [0.29, 0.717) is 43.9 Å². The highest BCUT2D eigenvalue weighted by atomic mass is 32.2. The molecule has 7 rings (SSSR count). The van der Waals surface area contributed by atoms with E-state index in [1.807, 2.05) is 48.5 Å². The van der Waals surface area contributed by atoms with E-state index >= 15 is 0 Å². The van der Waals surface area contributed by atoms with Gasteiger partial charge in [-0.25, -0.2) is 0 Å². The molecule has 2 aliphatic heterocycles. The SMILES string of the molecule is COc1cc([C@H]2c3sc(=O)[nH]c3SC3C4CC(C5C(=O)N(CCCCCC(=O)O)C(=O)C45)C32)ccc1OCc1ccccc1. The molecule has 3 aromatic rings. The lowest BCUT2D eigenvalue weighted by Crippen LogP contribution is -2.42. The number of unbranched alkanes of at least 4 members (excludes halogenated alkanes) is 2. The maximum Gasteiger partial charge on any atom is 0.305 e. The van der Waals surface area contributed by atoms with Crippen LogP contribution in [0.2, 0.25) is 0 Å². The molecule has 7 atom stereocenters. The Balaban J connectivity index is 1.16. The number of H-pyrrole nitrogens is 1. The molecule has 1 aromatic heterocycles. The zero-order valence-corrected chi connectivity index (χ0v) is 25.9. The number of rotatable bonds is 11. The lowest BCUT2D eigenvalue weighted by molar-refractivity contribution is -0.141. The second-order valence-corrected chi connectivity index (χ2v) is 14.4. The molecule has 0 spiro atoms. The number of benzene rings is 2. The molecule has 2 bridgehead atoms. The van der Waals surface area contributed by atoms with Gasteiger partial charge in [0.2, 0.25) is 11.8 Å². The smallest absolute Gasteiger partial charge is 0.305 e. The number of carboxylic acid groups (broad SMARTS) is 1. The number of likely N-dealkylation sites (tertiary alicyclic amines) is 1. The Bertz CT molecular complexity index is 1650. The van der Waals surface area contributed by atoms with Gasteiger partial charge in [-0.1, -0.05) is 54.2 Å². The van der Waals surface area contributed by atoms with Crippen molar-refractivity contribution >= 4 is 40.9 Å². The molecular formula is C33H34N2O7S2. The fraction of sp³-hybridized carbons (Fsp3) is 0.455. The molecule has 230 valence electrons. The third-order valence-corrected chi connectivity index (χ3v) is 12.5. The fourth-order valence-electron chi connectivity index (χ4n) is 8.13. The summed E-state index contributed by atoms with van der Waals surface area (Å²) in [6, 6.07) is 15.9. The standard InChI is InChI=1S/C33H34N2O7S2/c1-41-22-14-18(11-12-21(22)42-16-17-8-4-2-5-9-17)24-25-19-15-20(28(25)43-30-29(24)44-33(40)34-30)27-26(19)31(38)35(32(27)39)13-7-3-6-10-23(36)37/h2,4-5,8-9,11-12,14,19-20,24-28H,3,6-7,10,13,15-16H2,1H3,(H,34,40)(H,36,37)/t19?,20?,24-,25?,26?,27?,28?/m1/s1. The van der Waals surface area contributed by atoms with Gasteiger partial charge in [0.05, 0.1) is 24.0 Å². The number of nitrogens with one attached hydrogen (secondary N) is 1. The van der Waals surface area contributed by atoms with E-state index in [0.717, 1.165) is 27.5 Å². The van der Waals surface area contributed by atoms with Crippen molar-refractivity contribution in [3.63, 3.8) is 0 Å². The van der Waals surface area contributed by atoms with Gasteiger partial charge in [-0.15, -0.1) is 11.8 Å². The van der Waals surface area contributed by atoms with Gasteiger partial charge in [-0.2, -0.15) is 0 Å². The number of carboxylic acids is 1. The molecule has 3 fully saturated rings. The van der Waals surface area contributed by atoms with Gasteiger partial charge in [0, 0.05) is 29.0 Å². The minimum atomic E-state index is -0.832. The Labute approximate surface area is 263 Å². The van der Waals surface area contributed by atoms with Gasteiger partial charge in [0.25, 0.3) is 0 Å². The topological polar surface area (TPSA) is 126 Å². The van der Waals surface area contributed by atoms with Crippen molar-refractivity contribution < 1.29 is 29.0 Å². The molecule has 11 heteroatoms. The summed E-state index contributed by atoms with van der Waals surface area (Å²) in [5.41, 5.74) is 2.06. The molecule has 6 unspecified atom stereocenters. The highest BCUT2D eigenvalue weighted by molar-refractivity contribution is 8.00. The van der Waals surface area contributed by atoms with Crippen molar-refractivity contribution in [2.45, 2.75) is 54.9 Å². The molecule has 2 aromatic carbocycles. The van der Waals surface area contributed by atoms with Crippen LogP contribution in [-0.4, -0.2) is 51.7 Å². The van der Waals surface area contributed by atoms with Gasteiger partial charge in [0.15, 0.2) is 11.5 Å². The molecular weight excluding hydrogens is 601 g/mol. The van der Waals surface area contributed by atoms with E-state index in [-0.39, 0.29) is 63.9 Å². The summed E-state index contributed by atoms with van der Waals surface area (Å²) in [5, 5.41) is 9.88. The van der Waals surface area contributed by atoms with Crippen LogP contribution in [0.25, 0.3) is 0 Å². The Morgan fingerprint density at radius 1 is 1.00 bits per heavy atom. The Kier molecular flexibility index (Phi) is 7.78. The summed E-state index contributed by atoms with van der Waals surface area (Å²) in [7, 11) is 1.62. The number of thioether (sulfide) groups is 1. The van der Waals surface area contributed by atoms with Crippen LogP contribution in [0.4, 0.5) is 0 Å². The number of aromatic nitrogens is 1. The molecule has 3 heterocycles. The van der Waals surface area contributed by atoms with Crippen molar-refractivity contribution in [1.82, 2.24) is 9.88 Å². The maximum absolute atomic E-state index is 13.8. The Hall–Kier alpha value is -3.57. The largest absolute Gasteiger partial charge is 0.493 e. The zero-order chi connectivity index (χ0) is 30.5. The van der Waals surface area contributed by atoms with Crippen LogP contribution in [-0.2, 0) is 21.0 Å². The van der Waals surface area contributed by atoms with Crippen molar-refractivity contribution in [1.29, 1.82) is 0 Å². The highest BCUT2D eigenvalue weighted by Crippen LogP contribution is 2.68. The second kappa shape index (κ2) is 11.7. The van der Waals surface area contributed by atoms with Gasteiger partial charge < -0.3 is 19.6 Å². The summed E-state index contributed by atoms with van der Waals surface area (Å²) in [6.45, 7) is 0.752. The van der Waals surface area contributed by atoms with E-state index in [1.54, 1.807) is 18.9 Å². The van der Waals surface area contributed by atoms with Crippen LogP contribution >= 0.6 is 23.1 Å². The van der Waals surface area contributed by atoms with E-state index in [1.165, 1.54) is 16.2 Å². The Morgan fingerprint density at radius 3 is 2.52 bits per heavy atom. The fourth-order valence-corrected chi connectivity index (χ4v) is 11.0. The summed E-state index contributed by atoms with van der Waals surface area (Å²) in [6.07, 6.45) is 2.73. The van der Waals surface area contributed by atoms with Crippen molar-refractivity contribution in [2.75, 3.05) is 13.7 Å². The first-order valence-electron chi connectivity index (χ1n) is 15.2. The highest BCUT2D eigenvalue weighted by Gasteiger charge is 2.69. The number of hydrogen-bond donors (Lipinski definition) is 2. The van der Waals surface area contributed by atoms with Gasteiger partial charge in [-0.3, -0.25) is 24.1 Å². The van der Waals surface area contributed by atoms with E-state index in [9.17, 15) is 19.2 Å². The summed E-state index contributed by atoms with van der Waals surface area (Å²) < 4.78 is 11.9. The first-order valence-corrected chi connectivity index (χ1v) is 16.9. The molecule has 2 saturated carbocycles. The molecule has 44 heavy (non-hydrogen) atoms. The van der Waals surface area contributed by atoms with Crippen molar-refractivity contribution in [3.8, 4) is 11.5 Å². The maximum atomic E-state index is 13.8.